The Morgan fingerprint density at radius 1 is 1.31 bits per heavy atom. The molecule has 26 heavy (non-hydrogen) atoms. The van der Waals surface area contributed by atoms with Crippen molar-refractivity contribution in [2.75, 3.05) is 32.1 Å². The van der Waals surface area contributed by atoms with Crippen LogP contribution >= 0.6 is 11.6 Å². The minimum Gasteiger partial charge on any atom is -0.474 e. The molecule has 1 fully saturated rings. The first kappa shape index (κ1) is 18.6. The Morgan fingerprint density at radius 3 is 2.73 bits per heavy atom. The molecule has 138 valence electrons. The number of nitrogens with zero attached hydrogens (tertiary/aromatic N) is 3. The Morgan fingerprint density at radius 2 is 2.04 bits per heavy atom. The average Bonchev–Trinajstić information content (AvgIpc) is 2.63. The molecular weight excluding hydrogens is 357 g/mol. The molecule has 0 unspecified atom stereocenters. The summed E-state index contributed by atoms with van der Waals surface area (Å²) in [5.41, 5.74) is 0.221. The number of pyridine rings is 1. The molecule has 0 spiro atoms. The fourth-order valence-electron chi connectivity index (χ4n) is 2.88. The van der Waals surface area contributed by atoms with Gasteiger partial charge in [0, 0.05) is 26.2 Å². The van der Waals surface area contributed by atoms with E-state index in [0.717, 1.165) is 32.0 Å². The second kappa shape index (κ2) is 8.01. The van der Waals surface area contributed by atoms with E-state index in [0.29, 0.717) is 11.7 Å². The van der Waals surface area contributed by atoms with Crippen LogP contribution in [0, 0.1) is 5.82 Å². The number of rotatable bonds is 4. The Balaban J connectivity index is 1.73. The van der Waals surface area contributed by atoms with Crippen molar-refractivity contribution in [3.05, 3.63) is 52.8 Å². The van der Waals surface area contributed by atoms with Crippen LogP contribution in [0.2, 0.25) is 5.02 Å². The van der Waals surface area contributed by atoms with Gasteiger partial charge in [-0.3, -0.25) is 9.69 Å². The number of likely N-dealkylation sites (tertiary alicyclic amines) is 1. The third-order valence-electron chi connectivity index (χ3n) is 4.47. The van der Waals surface area contributed by atoms with E-state index in [2.05, 4.69) is 16.9 Å². The van der Waals surface area contributed by atoms with Crippen LogP contribution < -0.4 is 9.64 Å². The van der Waals surface area contributed by atoms with Gasteiger partial charge < -0.3 is 9.64 Å². The molecule has 1 aliphatic heterocycles. The van der Waals surface area contributed by atoms with Gasteiger partial charge in [-0.2, -0.15) is 4.98 Å². The number of hydrogen-bond acceptors (Lipinski definition) is 4. The number of carbonyl (C=O) groups is 1. The van der Waals surface area contributed by atoms with Crippen molar-refractivity contribution in [2.24, 2.45) is 0 Å². The highest BCUT2D eigenvalue weighted by molar-refractivity contribution is 6.34. The van der Waals surface area contributed by atoms with Gasteiger partial charge in [0.25, 0.3) is 5.91 Å². The van der Waals surface area contributed by atoms with Crippen LogP contribution in [0.1, 0.15) is 23.2 Å². The van der Waals surface area contributed by atoms with Crippen molar-refractivity contribution < 1.29 is 13.9 Å². The third-order valence-corrected chi connectivity index (χ3v) is 4.78. The summed E-state index contributed by atoms with van der Waals surface area (Å²) in [6, 6.07) is 9.00. The summed E-state index contributed by atoms with van der Waals surface area (Å²) in [5.74, 6) is 0.0857. The molecule has 1 aromatic carbocycles. The molecule has 5 nitrogen and oxygen atoms in total. The maximum Gasteiger partial charge on any atom is 0.260 e. The molecule has 0 aliphatic carbocycles. The summed E-state index contributed by atoms with van der Waals surface area (Å²) in [6.07, 6.45) is 2.02. The standard InChI is InChI=1S/C19H21ClFN3O2/c1-23-10-8-14(9-11-23)26-18-5-3-4-17(22-18)24(2)19(25)15-7-6-13(21)12-16(15)20/h3-7,12,14H,8-11H2,1-2H3. The first-order valence-corrected chi connectivity index (χ1v) is 8.87. The van der Waals surface area contributed by atoms with E-state index in [1.54, 1.807) is 25.2 Å². The summed E-state index contributed by atoms with van der Waals surface area (Å²) in [7, 11) is 3.69. The maximum absolute atomic E-state index is 13.2. The quantitative estimate of drug-likeness (QED) is 0.816. The number of benzene rings is 1. The fourth-order valence-corrected chi connectivity index (χ4v) is 3.13. The lowest BCUT2D eigenvalue weighted by molar-refractivity contribution is 0.0991. The van der Waals surface area contributed by atoms with Crippen molar-refractivity contribution in [3.63, 3.8) is 0 Å². The molecule has 1 amide bonds. The van der Waals surface area contributed by atoms with Gasteiger partial charge in [-0.15, -0.1) is 0 Å². The Bertz CT molecular complexity index is 794. The molecule has 1 saturated heterocycles. The fraction of sp³-hybridized carbons (Fsp3) is 0.368. The number of amides is 1. The normalized spacial score (nSPS) is 15.7. The Kier molecular flexibility index (Phi) is 5.74. The van der Waals surface area contributed by atoms with Gasteiger partial charge in [-0.25, -0.2) is 4.39 Å². The molecule has 2 aromatic rings. The van der Waals surface area contributed by atoms with Gasteiger partial charge >= 0.3 is 0 Å². The first-order valence-electron chi connectivity index (χ1n) is 8.49. The van der Waals surface area contributed by atoms with Crippen molar-refractivity contribution >= 4 is 23.3 Å². The van der Waals surface area contributed by atoms with Gasteiger partial charge in [0.1, 0.15) is 17.7 Å². The molecule has 0 atom stereocenters. The van der Waals surface area contributed by atoms with Crippen LogP contribution in [0.4, 0.5) is 10.2 Å². The summed E-state index contributed by atoms with van der Waals surface area (Å²) >= 11 is 5.99. The second-order valence-electron chi connectivity index (χ2n) is 6.44. The number of piperidine rings is 1. The molecule has 7 heteroatoms. The third kappa shape index (κ3) is 4.31. The summed E-state index contributed by atoms with van der Waals surface area (Å²) in [5, 5.41) is 0.0700. The summed E-state index contributed by atoms with van der Waals surface area (Å²) in [6.45, 7) is 1.98. The van der Waals surface area contributed by atoms with Crippen LogP contribution in [0.5, 0.6) is 5.88 Å². The van der Waals surface area contributed by atoms with Gasteiger partial charge in [-0.05, 0) is 44.2 Å². The van der Waals surface area contributed by atoms with Crippen LogP contribution in [0.25, 0.3) is 0 Å². The van der Waals surface area contributed by atoms with E-state index < -0.39 is 5.82 Å². The number of ether oxygens (including phenoxy) is 1. The number of halogens is 2. The van der Waals surface area contributed by atoms with Crippen LogP contribution in [-0.2, 0) is 0 Å². The Labute approximate surface area is 157 Å². The largest absolute Gasteiger partial charge is 0.474 e. The number of hydrogen-bond donors (Lipinski definition) is 0. The van der Waals surface area contributed by atoms with Gasteiger partial charge in [-0.1, -0.05) is 17.7 Å². The van der Waals surface area contributed by atoms with E-state index in [1.807, 2.05) is 0 Å². The summed E-state index contributed by atoms with van der Waals surface area (Å²) < 4.78 is 19.2. The lowest BCUT2D eigenvalue weighted by atomic mass is 10.1. The van der Waals surface area contributed by atoms with E-state index in [4.69, 9.17) is 16.3 Å². The van der Waals surface area contributed by atoms with Crippen molar-refractivity contribution in [1.82, 2.24) is 9.88 Å². The average molecular weight is 378 g/mol. The molecule has 0 saturated carbocycles. The molecule has 0 N–H and O–H groups in total. The molecular formula is C19H21ClFN3O2. The zero-order chi connectivity index (χ0) is 18.7. The van der Waals surface area contributed by atoms with Crippen LogP contribution in [0.3, 0.4) is 0 Å². The number of carbonyl (C=O) groups excluding carboxylic acids is 1. The highest BCUT2D eigenvalue weighted by Gasteiger charge is 2.21. The predicted molar refractivity (Wildman–Crippen MR) is 99.5 cm³/mol. The topological polar surface area (TPSA) is 45.7 Å². The molecule has 0 radical (unpaired) electrons. The predicted octanol–water partition coefficient (Wildman–Crippen LogP) is 3.62. The molecule has 2 heterocycles. The van der Waals surface area contributed by atoms with E-state index in [9.17, 15) is 9.18 Å². The number of anilines is 1. The van der Waals surface area contributed by atoms with E-state index in [1.165, 1.54) is 17.0 Å². The highest BCUT2D eigenvalue weighted by atomic mass is 35.5. The van der Waals surface area contributed by atoms with Crippen LogP contribution in [-0.4, -0.2) is 49.1 Å². The highest BCUT2D eigenvalue weighted by Crippen LogP contribution is 2.23. The molecule has 1 aliphatic rings. The van der Waals surface area contributed by atoms with Gasteiger partial charge in [0.2, 0.25) is 5.88 Å². The smallest absolute Gasteiger partial charge is 0.260 e. The van der Waals surface area contributed by atoms with Gasteiger partial charge in [0.15, 0.2) is 0 Å². The van der Waals surface area contributed by atoms with Gasteiger partial charge in [0.05, 0.1) is 10.6 Å². The molecule has 0 bridgehead atoms. The number of aromatic nitrogens is 1. The van der Waals surface area contributed by atoms with Crippen LogP contribution in [0.15, 0.2) is 36.4 Å². The molecule has 3 rings (SSSR count). The lowest BCUT2D eigenvalue weighted by Crippen LogP contribution is -2.35. The second-order valence-corrected chi connectivity index (χ2v) is 6.85. The minimum atomic E-state index is -0.485. The van der Waals surface area contributed by atoms with Crippen molar-refractivity contribution in [2.45, 2.75) is 18.9 Å². The van der Waals surface area contributed by atoms with E-state index in [-0.39, 0.29) is 22.6 Å². The lowest BCUT2D eigenvalue weighted by Gasteiger charge is -2.29. The first-order chi connectivity index (χ1) is 12.4. The maximum atomic E-state index is 13.2. The van der Waals surface area contributed by atoms with Crippen molar-refractivity contribution in [1.29, 1.82) is 0 Å². The minimum absolute atomic E-state index is 0.0700. The summed E-state index contributed by atoms with van der Waals surface area (Å²) in [4.78, 5) is 20.7. The van der Waals surface area contributed by atoms with E-state index >= 15 is 0 Å². The zero-order valence-electron chi connectivity index (χ0n) is 14.8. The SMILES string of the molecule is CN1CCC(Oc2cccc(N(C)C(=O)c3ccc(F)cc3Cl)n2)CC1. The molecule has 1 aromatic heterocycles. The van der Waals surface area contributed by atoms with Crippen molar-refractivity contribution in [3.8, 4) is 5.88 Å². The Hall–Kier alpha value is -2.18. The monoisotopic (exact) mass is 377 g/mol. The zero-order valence-corrected chi connectivity index (χ0v) is 15.5.